The molecule has 2 aliphatic rings. The maximum atomic E-state index is 12.6. The molecule has 0 saturated carbocycles. The van der Waals surface area contributed by atoms with E-state index in [1.807, 2.05) is 38.1 Å². The van der Waals surface area contributed by atoms with Gasteiger partial charge in [-0.15, -0.1) is 0 Å². The quantitative estimate of drug-likeness (QED) is 0.361. The van der Waals surface area contributed by atoms with Crippen molar-refractivity contribution in [2.75, 3.05) is 6.61 Å². The van der Waals surface area contributed by atoms with Gasteiger partial charge in [-0.1, -0.05) is 56.9 Å². The van der Waals surface area contributed by atoms with Crippen LogP contribution in [0.5, 0.6) is 0 Å². The van der Waals surface area contributed by atoms with Crippen molar-refractivity contribution in [2.24, 2.45) is 17.6 Å². The number of carbonyl (C=O) groups excluding carboxylic acids is 2. The number of thiocarbonyl (C=S) groups is 1. The third kappa shape index (κ3) is 2.94. The Balaban J connectivity index is 2.04. The standard InChI is InChI=1S/C20H22N2O3S/c1-4-8-25-20(24)17-14(12-6-5-7-13(9-12)18(21)26)10-15-16(11(2)3)19(23)22(15)17/h4-7,9,11,15-16H,1,8,10H2,2-3H3,(H2,21,26)/t15-,16-/m1/s1. The molecule has 1 saturated heterocycles. The first-order valence-corrected chi connectivity index (χ1v) is 9.02. The summed E-state index contributed by atoms with van der Waals surface area (Å²) in [4.78, 5) is 27.2. The van der Waals surface area contributed by atoms with Gasteiger partial charge in [0.1, 0.15) is 17.3 Å². The van der Waals surface area contributed by atoms with Crippen LogP contribution in [-0.4, -0.2) is 34.4 Å². The molecule has 26 heavy (non-hydrogen) atoms. The van der Waals surface area contributed by atoms with Gasteiger partial charge in [0.25, 0.3) is 0 Å². The first-order valence-electron chi connectivity index (χ1n) is 8.61. The summed E-state index contributed by atoms with van der Waals surface area (Å²) in [6.07, 6.45) is 2.13. The molecule has 1 aromatic rings. The molecule has 136 valence electrons. The van der Waals surface area contributed by atoms with E-state index in [0.29, 0.717) is 17.1 Å². The molecular weight excluding hydrogens is 348 g/mol. The molecule has 0 aliphatic carbocycles. The highest BCUT2D eigenvalue weighted by Crippen LogP contribution is 2.48. The topological polar surface area (TPSA) is 72.6 Å². The second kappa shape index (κ2) is 7.03. The summed E-state index contributed by atoms with van der Waals surface area (Å²) in [7, 11) is 0. The maximum Gasteiger partial charge on any atom is 0.355 e. The number of nitrogens with zero attached hydrogens (tertiary/aromatic N) is 1. The normalized spacial score (nSPS) is 21.5. The van der Waals surface area contributed by atoms with Gasteiger partial charge in [0.2, 0.25) is 5.91 Å². The Morgan fingerprint density at radius 3 is 2.85 bits per heavy atom. The molecular formula is C20H22N2O3S. The van der Waals surface area contributed by atoms with E-state index in [2.05, 4.69) is 6.58 Å². The largest absolute Gasteiger partial charge is 0.457 e. The van der Waals surface area contributed by atoms with Gasteiger partial charge in [0.05, 0.1) is 12.0 Å². The van der Waals surface area contributed by atoms with E-state index in [1.165, 1.54) is 6.08 Å². The number of rotatable bonds is 6. The summed E-state index contributed by atoms with van der Waals surface area (Å²) in [5.41, 5.74) is 8.44. The number of ether oxygens (including phenoxy) is 1. The summed E-state index contributed by atoms with van der Waals surface area (Å²) in [6.45, 7) is 7.72. The van der Waals surface area contributed by atoms with Crippen LogP contribution in [0.2, 0.25) is 0 Å². The van der Waals surface area contributed by atoms with Crippen LogP contribution in [0.15, 0.2) is 42.6 Å². The number of amides is 1. The lowest BCUT2D eigenvalue weighted by molar-refractivity contribution is -0.158. The van der Waals surface area contributed by atoms with Crippen LogP contribution in [0, 0.1) is 11.8 Å². The van der Waals surface area contributed by atoms with Crippen LogP contribution in [0.3, 0.4) is 0 Å². The lowest BCUT2D eigenvalue weighted by Gasteiger charge is -2.45. The fourth-order valence-electron chi connectivity index (χ4n) is 3.78. The molecule has 5 nitrogen and oxygen atoms in total. The lowest BCUT2D eigenvalue weighted by Crippen LogP contribution is -2.60. The zero-order chi connectivity index (χ0) is 19.0. The highest BCUT2D eigenvalue weighted by Gasteiger charge is 2.56. The second-order valence-electron chi connectivity index (χ2n) is 6.91. The van der Waals surface area contributed by atoms with Crippen LogP contribution in [0.4, 0.5) is 0 Å². The fourth-order valence-corrected chi connectivity index (χ4v) is 3.91. The predicted molar refractivity (Wildman–Crippen MR) is 104 cm³/mol. The maximum absolute atomic E-state index is 12.6. The van der Waals surface area contributed by atoms with Crippen molar-refractivity contribution < 1.29 is 14.3 Å². The van der Waals surface area contributed by atoms with Crippen molar-refractivity contribution in [1.29, 1.82) is 0 Å². The number of β-lactam (4-membered cyclic amide) rings is 1. The van der Waals surface area contributed by atoms with Gasteiger partial charge in [-0.2, -0.15) is 0 Å². The summed E-state index contributed by atoms with van der Waals surface area (Å²) < 4.78 is 5.24. The molecule has 0 bridgehead atoms. The number of esters is 1. The van der Waals surface area contributed by atoms with E-state index >= 15 is 0 Å². The van der Waals surface area contributed by atoms with E-state index in [0.717, 1.165) is 16.7 Å². The second-order valence-corrected chi connectivity index (χ2v) is 7.35. The third-order valence-electron chi connectivity index (χ3n) is 4.95. The first kappa shape index (κ1) is 18.3. The summed E-state index contributed by atoms with van der Waals surface area (Å²) in [6, 6.07) is 7.43. The Morgan fingerprint density at radius 1 is 1.50 bits per heavy atom. The molecule has 6 heteroatoms. The number of benzene rings is 1. The number of hydrogen-bond acceptors (Lipinski definition) is 4. The van der Waals surface area contributed by atoms with Crippen molar-refractivity contribution in [3.63, 3.8) is 0 Å². The number of fused-ring (bicyclic) bond motifs is 1. The Hall–Kier alpha value is -2.47. The van der Waals surface area contributed by atoms with Gasteiger partial charge in [-0.25, -0.2) is 4.79 Å². The highest BCUT2D eigenvalue weighted by atomic mass is 32.1. The van der Waals surface area contributed by atoms with Crippen LogP contribution in [-0.2, 0) is 14.3 Å². The Labute approximate surface area is 158 Å². The van der Waals surface area contributed by atoms with Crippen molar-refractivity contribution in [2.45, 2.75) is 26.3 Å². The average Bonchev–Trinajstić information content (AvgIpc) is 2.94. The first-order chi connectivity index (χ1) is 12.4. The number of nitrogens with two attached hydrogens (primary N) is 1. The van der Waals surface area contributed by atoms with Gasteiger partial charge in [0.15, 0.2) is 0 Å². The van der Waals surface area contributed by atoms with Gasteiger partial charge >= 0.3 is 5.97 Å². The van der Waals surface area contributed by atoms with Crippen LogP contribution >= 0.6 is 12.2 Å². The molecule has 2 N–H and O–H groups in total. The molecule has 1 aromatic carbocycles. The minimum absolute atomic E-state index is 0.00253. The minimum Gasteiger partial charge on any atom is -0.457 e. The van der Waals surface area contributed by atoms with Gasteiger partial charge in [-0.05, 0) is 29.5 Å². The highest BCUT2D eigenvalue weighted by molar-refractivity contribution is 7.80. The summed E-state index contributed by atoms with van der Waals surface area (Å²) in [5, 5.41) is 0. The molecule has 2 heterocycles. The molecule has 1 amide bonds. The van der Waals surface area contributed by atoms with Crippen molar-refractivity contribution in [3.05, 3.63) is 53.7 Å². The molecule has 1 fully saturated rings. The molecule has 0 radical (unpaired) electrons. The van der Waals surface area contributed by atoms with E-state index < -0.39 is 5.97 Å². The van der Waals surface area contributed by atoms with E-state index in [-0.39, 0.29) is 30.4 Å². The van der Waals surface area contributed by atoms with Gasteiger partial charge in [-0.3, -0.25) is 4.79 Å². The molecule has 0 spiro atoms. The molecule has 0 aromatic heterocycles. The molecule has 0 unspecified atom stereocenters. The van der Waals surface area contributed by atoms with Crippen molar-refractivity contribution in [1.82, 2.24) is 4.90 Å². The third-order valence-corrected chi connectivity index (χ3v) is 5.18. The van der Waals surface area contributed by atoms with Crippen molar-refractivity contribution in [3.8, 4) is 0 Å². The zero-order valence-electron chi connectivity index (χ0n) is 14.9. The molecule has 3 rings (SSSR count). The summed E-state index contributed by atoms with van der Waals surface area (Å²) >= 11 is 5.06. The predicted octanol–water partition coefficient (Wildman–Crippen LogP) is 2.65. The molecule has 2 aliphatic heterocycles. The van der Waals surface area contributed by atoms with Crippen LogP contribution in [0.25, 0.3) is 5.57 Å². The van der Waals surface area contributed by atoms with E-state index in [4.69, 9.17) is 22.7 Å². The Bertz CT molecular complexity index is 828. The number of hydrogen-bond donors (Lipinski definition) is 1. The van der Waals surface area contributed by atoms with E-state index in [1.54, 1.807) is 4.90 Å². The number of carbonyl (C=O) groups is 2. The van der Waals surface area contributed by atoms with Gasteiger partial charge in [0, 0.05) is 5.56 Å². The monoisotopic (exact) mass is 370 g/mol. The molecule has 2 atom stereocenters. The van der Waals surface area contributed by atoms with Crippen molar-refractivity contribution >= 4 is 34.7 Å². The zero-order valence-corrected chi connectivity index (χ0v) is 15.7. The fraction of sp³-hybridized carbons (Fsp3) is 0.350. The summed E-state index contributed by atoms with van der Waals surface area (Å²) in [5.74, 6) is -0.375. The van der Waals surface area contributed by atoms with Gasteiger partial charge < -0.3 is 15.4 Å². The Morgan fingerprint density at radius 2 is 2.23 bits per heavy atom. The van der Waals surface area contributed by atoms with Crippen LogP contribution < -0.4 is 5.73 Å². The van der Waals surface area contributed by atoms with E-state index in [9.17, 15) is 9.59 Å². The lowest BCUT2D eigenvalue weighted by atomic mass is 9.78. The minimum atomic E-state index is -0.501. The van der Waals surface area contributed by atoms with Crippen LogP contribution in [0.1, 0.15) is 31.4 Å². The Kier molecular flexibility index (Phi) is 4.96. The SMILES string of the molecule is C=CCOC(=O)C1=C(c2cccc(C(N)=S)c2)C[C@@H]2[C@@H](C(C)C)C(=O)N12. The average molecular weight is 370 g/mol. The smallest absolute Gasteiger partial charge is 0.355 e.